The number of nitrogen functional groups attached to an aromatic ring is 1. The van der Waals surface area contributed by atoms with Crippen molar-refractivity contribution in [3.63, 3.8) is 0 Å². The molecule has 0 aromatic carbocycles. The van der Waals surface area contributed by atoms with Crippen LogP contribution in [0.2, 0.25) is 0 Å². The lowest BCUT2D eigenvalue weighted by molar-refractivity contribution is -0.139. The molecule has 0 radical (unpaired) electrons. The maximum absolute atomic E-state index is 13.2. The molecule has 0 aliphatic carbocycles. The van der Waals surface area contributed by atoms with Gasteiger partial charge in [-0.05, 0) is 25.8 Å². The molecule has 0 bridgehead atoms. The summed E-state index contributed by atoms with van der Waals surface area (Å²) in [5.41, 5.74) is 3.59. The smallest absolute Gasteiger partial charge is 0.421 e. The van der Waals surface area contributed by atoms with E-state index >= 15 is 0 Å². The zero-order valence-corrected chi connectivity index (χ0v) is 14.1. The number of alkyl halides is 3. The first-order chi connectivity index (χ1) is 11.2. The van der Waals surface area contributed by atoms with E-state index in [0.717, 1.165) is 32.8 Å². The van der Waals surface area contributed by atoms with Gasteiger partial charge in [-0.25, -0.2) is 9.78 Å². The number of ether oxygens (including phenoxy) is 2. The molecule has 8 heteroatoms. The Morgan fingerprint density at radius 2 is 2.00 bits per heavy atom. The van der Waals surface area contributed by atoms with Crippen LogP contribution in [-0.4, -0.2) is 24.2 Å². The second-order valence-electron chi connectivity index (χ2n) is 5.55. The van der Waals surface area contributed by atoms with Gasteiger partial charge in [0.25, 0.3) is 0 Å². The lowest BCUT2D eigenvalue weighted by Gasteiger charge is -2.19. The number of hydrogen-bond acceptors (Lipinski definition) is 5. The molecule has 0 fully saturated rings. The monoisotopic (exact) mass is 348 g/mol. The number of pyridine rings is 1. The number of carbonyl (C=O) groups is 1. The van der Waals surface area contributed by atoms with Crippen LogP contribution >= 0.6 is 0 Å². The van der Waals surface area contributed by atoms with Crippen molar-refractivity contribution in [2.24, 2.45) is 0 Å². The number of hydrogen-bond donors (Lipinski definition) is 1. The summed E-state index contributed by atoms with van der Waals surface area (Å²) in [5.74, 6) is -1.57. The molecule has 1 atom stereocenters. The lowest BCUT2D eigenvalue weighted by atomic mass is 10.1. The zero-order chi connectivity index (χ0) is 18.3. The molecule has 1 aromatic rings. The number of anilines is 1. The van der Waals surface area contributed by atoms with Crippen molar-refractivity contribution >= 4 is 11.7 Å². The largest absolute Gasteiger partial charge is 0.474 e. The van der Waals surface area contributed by atoms with E-state index in [1.165, 1.54) is 0 Å². The highest BCUT2D eigenvalue weighted by atomic mass is 19.4. The second-order valence-corrected chi connectivity index (χ2v) is 5.55. The number of aromatic nitrogens is 1. The highest BCUT2D eigenvalue weighted by Gasteiger charge is 2.37. The van der Waals surface area contributed by atoms with Crippen molar-refractivity contribution in [3.8, 4) is 5.88 Å². The second kappa shape index (κ2) is 8.75. The Hall–Kier alpha value is -1.99. The summed E-state index contributed by atoms with van der Waals surface area (Å²) in [6.07, 6.45) is -0.606. The summed E-state index contributed by atoms with van der Waals surface area (Å²) in [7, 11) is 1.10. The molecule has 0 spiro atoms. The molecule has 0 aliphatic rings. The van der Waals surface area contributed by atoms with Crippen molar-refractivity contribution in [3.05, 3.63) is 17.3 Å². The van der Waals surface area contributed by atoms with Gasteiger partial charge in [0.15, 0.2) is 5.69 Å². The van der Waals surface area contributed by atoms with Crippen molar-refractivity contribution in [2.75, 3.05) is 12.8 Å². The number of methoxy groups -OCH3 is 1. The van der Waals surface area contributed by atoms with Gasteiger partial charge < -0.3 is 15.2 Å². The zero-order valence-electron chi connectivity index (χ0n) is 14.1. The van der Waals surface area contributed by atoms with Crippen molar-refractivity contribution in [2.45, 2.75) is 58.2 Å². The van der Waals surface area contributed by atoms with E-state index < -0.39 is 41.1 Å². The van der Waals surface area contributed by atoms with Gasteiger partial charge in [-0.1, -0.05) is 26.2 Å². The Balaban J connectivity index is 3.02. The molecule has 0 amide bonds. The van der Waals surface area contributed by atoms with Gasteiger partial charge in [0.1, 0.15) is 5.56 Å². The fraction of sp³-hybridized carbons (Fsp3) is 0.625. The quantitative estimate of drug-likeness (QED) is 0.563. The van der Waals surface area contributed by atoms with Crippen molar-refractivity contribution in [1.29, 1.82) is 0 Å². The van der Waals surface area contributed by atoms with Crippen LogP contribution < -0.4 is 10.5 Å². The minimum atomic E-state index is -4.69. The molecule has 1 heterocycles. The summed E-state index contributed by atoms with van der Waals surface area (Å²) < 4.78 is 49.3. The van der Waals surface area contributed by atoms with Crippen LogP contribution in [0.4, 0.5) is 18.9 Å². The summed E-state index contributed by atoms with van der Waals surface area (Å²) in [4.78, 5) is 15.2. The number of carbonyl (C=O) groups excluding carboxylic acids is 1. The molecule has 1 rings (SSSR count). The molecule has 0 saturated heterocycles. The third-order valence-corrected chi connectivity index (χ3v) is 3.48. The van der Waals surface area contributed by atoms with Gasteiger partial charge in [-0.2, -0.15) is 13.2 Å². The number of halogens is 3. The Morgan fingerprint density at radius 3 is 2.54 bits per heavy atom. The van der Waals surface area contributed by atoms with Gasteiger partial charge in [0.2, 0.25) is 5.88 Å². The van der Waals surface area contributed by atoms with E-state index in [2.05, 4.69) is 16.6 Å². The van der Waals surface area contributed by atoms with E-state index in [4.69, 9.17) is 10.5 Å². The van der Waals surface area contributed by atoms with E-state index in [1.807, 2.05) is 0 Å². The van der Waals surface area contributed by atoms with E-state index in [0.29, 0.717) is 12.5 Å². The summed E-state index contributed by atoms with van der Waals surface area (Å²) in [6, 6.07) is 0.651. The van der Waals surface area contributed by atoms with Gasteiger partial charge in [0, 0.05) is 0 Å². The highest BCUT2D eigenvalue weighted by molar-refractivity contribution is 5.93. The number of nitrogens with two attached hydrogens (primary N) is 1. The van der Waals surface area contributed by atoms with Crippen LogP contribution in [0.25, 0.3) is 0 Å². The molecule has 0 saturated carbocycles. The fourth-order valence-corrected chi connectivity index (χ4v) is 2.17. The average molecular weight is 348 g/mol. The number of esters is 1. The van der Waals surface area contributed by atoms with Gasteiger partial charge >= 0.3 is 12.1 Å². The normalized spacial score (nSPS) is 12.8. The Labute approximate surface area is 139 Å². The first kappa shape index (κ1) is 20.1. The molecule has 5 nitrogen and oxygen atoms in total. The first-order valence-electron chi connectivity index (χ1n) is 7.83. The van der Waals surface area contributed by atoms with E-state index in [-0.39, 0.29) is 0 Å². The summed E-state index contributed by atoms with van der Waals surface area (Å²) in [6.45, 7) is 3.74. The molecule has 0 aliphatic heterocycles. The SMILES string of the molecule is CCCCCCC(C)Oc1nc(C(=O)OC)c(N)cc1C(F)(F)F. The molecule has 24 heavy (non-hydrogen) atoms. The van der Waals surface area contributed by atoms with E-state index in [1.54, 1.807) is 6.92 Å². The molecule has 2 N–H and O–H groups in total. The minimum Gasteiger partial charge on any atom is -0.474 e. The first-order valence-corrected chi connectivity index (χ1v) is 7.83. The predicted octanol–water partition coefficient (Wildman–Crippen LogP) is 4.21. The van der Waals surface area contributed by atoms with Crippen LogP contribution in [0.3, 0.4) is 0 Å². The predicted molar refractivity (Wildman–Crippen MR) is 83.8 cm³/mol. The highest BCUT2D eigenvalue weighted by Crippen LogP contribution is 2.37. The average Bonchev–Trinajstić information content (AvgIpc) is 2.51. The minimum absolute atomic E-state index is 0.390. The van der Waals surface area contributed by atoms with Gasteiger partial charge in [0.05, 0.1) is 18.9 Å². The topological polar surface area (TPSA) is 74.4 Å². The number of nitrogens with zero attached hydrogens (tertiary/aromatic N) is 1. The standard InChI is InChI=1S/C16H23F3N2O3/c1-4-5-6-7-8-10(2)24-14-11(16(17,18)19)9-12(20)13(21-14)15(22)23-3/h9-10H,4-8,20H2,1-3H3. The number of unbranched alkanes of at least 4 members (excludes halogenated alkanes) is 3. The van der Waals surface area contributed by atoms with Crippen molar-refractivity contribution in [1.82, 2.24) is 4.98 Å². The van der Waals surface area contributed by atoms with Gasteiger partial charge in [-0.15, -0.1) is 0 Å². The molecule has 136 valence electrons. The molecular weight excluding hydrogens is 325 g/mol. The molecule has 1 aromatic heterocycles. The molecular formula is C16H23F3N2O3. The third-order valence-electron chi connectivity index (χ3n) is 3.48. The van der Waals surface area contributed by atoms with Gasteiger partial charge in [-0.3, -0.25) is 0 Å². The van der Waals surface area contributed by atoms with Crippen LogP contribution in [0.5, 0.6) is 5.88 Å². The van der Waals surface area contributed by atoms with E-state index in [9.17, 15) is 18.0 Å². The van der Waals surface area contributed by atoms with Crippen LogP contribution in [0.1, 0.15) is 62.0 Å². The van der Waals surface area contributed by atoms with Crippen LogP contribution in [-0.2, 0) is 10.9 Å². The fourth-order valence-electron chi connectivity index (χ4n) is 2.17. The lowest BCUT2D eigenvalue weighted by Crippen LogP contribution is -2.20. The summed E-state index contributed by atoms with van der Waals surface area (Å²) in [5, 5.41) is 0. The molecule has 1 unspecified atom stereocenters. The van der Waals surface area contributed by atoms with Crippen molar-refractivity contribution < 1.29 is 27.4 Å². The number of rotatable bonds is 8. The summed E-state index contributed by atoms with van der Waals surface area (Å²) >= 11 is 0. The maximum Gasteiger partial charge on any atom is 0.421 e. The Bertz CT molecular complexity index is 562. The Kier molecular flexibility index (Phi) is 7.31. The maximum atomic E-state index is 13.2. The third kappa shape index (κ3) is 5.58. The van der Waals surface area contributed by atoms with Crippen LogP contribution in [0, 0.1) is 0 Å². The Morgan fingerprint density at radius 1 is 1.33 bits per heavy atom. The van der Waals surface area contributed by atoms with Crippen LogP contribution in [0.15, 0.2) is 6.07 Å².